The standard InChI is InChI=1S/C15H21BrN4O2/c1-5-12-11(8-17)13(16)18-20(12)10-6-7-19(9-10)14(21)22-15(2,3)4/h10H,5-7,9H2,1-4H3. The van der Waals surface area contributed by atoms with Gasteiger partial charge in [0.25, 0.3) is 0 Å². The average molecular weight is 369 g/mol. The van der Waals surface area contributed by atoms with Crippen LogP contribution in [0.2, 0.25) is 0 Å². The lowest BCUT2D eigenvalue weighted by Crippen LogP contribution is -2.35. The van der Waals surface area contributed by atoms with Crippen molar-refractivity contribution < 1.29 is 9.53 Å². The summed E-state index contributed by atoms with van der Waals surface area (Å²) in [6.07, 6.45) is 1.25. The molecule has 1 atom stereocenters. The van der Waals surface area contributed by atoms with Gasteiger partial charge < -0.3 is 9.64 Å². The van der Waals surface area contributed by atoms with E-state index in [2.05, 4.69) is 27.1 Å². The second-order valence-electron chi connectivity index (χ2n) is 6.39. The van der Waals surface area contributed by atoms with Gasteiger partial charge in [0.05, 0.1) is 11.7 Å². The molecule has 1 fully saturated rings. The normalized spacial score (nSPS) is 18.4. The molecule has 0 radical (unpaired) electrons. The fraction of sp³-hybridized carbons (Fsp3) is 0.667. The van der Waals surface area contributed by atoms with Crippen molar-refractivity contribution >= 4 is 22.0 Å². The topological polar surface area (TPSA) is 71.2 Å². The van der Waals surface area contributed by atoms with Crippen molar-refractivity contribution in [3.05, 3.63) is 15.9 Å². The lowest BCUT2D eigenvalue weighted by atomic mass is 10.2. The zero-order valence-electron chi connectivity index (χ0n) is 13.4. The summed E-state index contributed by atoms with van der Waals surface area (Å²) in [5.41, 5.74) is 0.996. The highest BCUT2D eigenvalue weighted by Crippen LogP contribution is 2.28. The first kappa shape index (κ1) is 16.8. The summed E-state index contributed by atoms with van der Waals surface area (Å²) in [6, 6.07) is 2.27. The van der Waals surface area contributed by atoms with Crippen LogP contribution in [0, 0.1) is 11.3 Å². The van der Waals surface area contributed by atoms with E-state index in [-0.39, 0.29) is 12.1 Å². The zero-order valence-corrected chi connectivity index (χ0v) is 15.0. The number of aromatic nitrogens is 2. The third-order valence-electron chi connectivity index (χ3n) is 3.57. The van der Waals surface area contributed by atoms with Crippen LogP contribution in [-0.2, 0) is 11.2 Å². The minimum absolute atomic E-state index is 0.0841. The number of hydrogen-bond acceptors (Lipinski definition) is 4. The van der Waals surface area contributed by atoms with Gasteiger partial charge in [0.15, 0.2) is 0 Å². The molecule has 2 rings (SSSR count). The van der Waals surface area contributed by atoms with E-state index in [9.17, 15) is 10.1 Å². The Morgan fingerprint density at radius 1 is 1.55 bits per heavy atom. The van der Waals surface area contributed by atoms with E-state index in [1.54, 1.807) is 4.90 Å². The van der Waals surface area contributed by atoms with Gasteiger partial charge in [-0.15, -0.1) is 0 Å². The molecule has 22 heavy (non-hydrogen) atoms. The molecule has 1 aliphatic heterocycles. The monoisotopic (exact) mass is 368 g/mol. The van der Waals surface area contributed by atoms with Crippen molar-refractivity contribution in [2.75, 3.05) is 13.1 Å². The van der Waals surface area contributed by atoms with Crippen LogP contribution in [0.5, 0.6) is 0 Å². The van der Waals surface area contributed by atoms with E-state index in [0.29, 0.717) is 23.3 Å². The number of hydrogen-bond donors (Lipinski definition) is 0. The first-order valence-electron chi connectivity index (χ1n) is 7.41. The van der Waals surface area contributed by atoms with Crippen LogP contribution >= 0.6 is 15.9 Å². The number of amides is 1. The molecule has 1 aliphatic rings. The van der Waals surface area contributed by atoms with E-state index in [0.717, 1.165) is 18.5 Å². The Hall–Kier alpha value is -1.55. The van der Waals surface area contributed by atoms with Crippen LogP contribution < -0.4 is 0 Å². The van der Waals surface area contributed by atoms with Crippen LogP contribution in [0.1, 0.15) is 51.4 Å². The maximum atomic E-state index is 12.1. The number of carbonyl (C=O) groups is 1. The summed E-state index contributed by atoms with van der Waals surface area (Å²) in [5.74, 6) is 0. The molecule has 0 bridgehead atoms. The molecule has 1 saturated heterocycles. The van der Waals surface area contributed by atoms with Gasteiger partial charge in [-0.1, -0.05) is 6.92 Å². The highest BCUT2D eigenvalue weighted by Gasteiger charge is 2.32. The summed E-state index contributed by atoms with van der Waals surface area (Å²) < 4.78 is 7.86. The third-order valence-corrected chi connectivity index (χ3v) is 4.13. The second kappa shape index (κ2) is 6.29. The maximum absolute atomic E-state index is 12.1. The van der Waals surface area contributed by atoms with Gasteiger partial charge >= 0.3 is 6.09 Å². The van der Waals surface area contributed by atoms with Crippen LogP contribution in [0.25, 0.3) is 0 Å². The summed E-state index contributed by atoms with van der Waals surface area (Å²) in [4.78, 5) is 13.8. The lowest BCUT2D eigenvalue weighted by molar-refractivity contribution is 0.0288. The lowest BCUT2D eigenvalue weighted by Gasteiger charge is -2.24. The van der Waals surface area contributed by atoms with E-state index in [4.69, 9.17) is 4.74 Å². The second-order valence-corrected chi connectivity index (χ2v) is 7.14. The SMILES string of the molecule is CCc1c(C#N)c(Br)nn1C1CCN(C(=O)OC(C)(C)C)C1. The van der Waals surface area contributed by atoms with Crippen molar-refractivity contribution in [3.8, 4) is 6.07 Å². The predicted molar refractivity (Wildman–Crippen MR) is 85.5 cm³/mol. The third kappa shape index (κ3) is 3.43. The molecule has 2 heterocycles. The summed E-state index contributed by atoms with van der Waals surface area (Å²) in [5, 5.41) is 13.7. The Labute approximate surface area is 139 Å². The smallest absolute Gasteiger partial charge is 0.410 e. The Balaban J connectivity index is 2.14. The Morgan fingerprint density at radius 3 is 2.77 bits per heavy atom. The molecule has 0 aliphatic carbocycles. The molecule has 120 valence electrons. The van der Waals surface area contributed by atoms with Gasteiger partial charge in [-0.05, 0) is 49.5 Å². The molecule has 1 aromatic rings. The number of nitrogens with zero attached hydrogens (tertiary/aromatic N) is 4. The Bertz CT molecular complexity index is 612. The van der Waals surface area contributed by atoms with E-state index in [1.165, 1.54) is 0 Å². The van der Waals surface area contributed by atoms with E-state index >= 15 is 0 Å². The van der Waals surface area contributed by atoms with Crippen LogP contribution in [0.3, 0.4) is 0 Å². The van der Waals surface area contributed by atoms with Crippen LogP contribution in [0.4, 0.5) is 4.79 Å². The van der Waals surface area contributed by atoms with Gasteiger partial charge in [-0.2, -0.15) is 10.4 Å². The van der Waals surface area contributed by atoms with Gasteiger partial charge in [-0.25, -0.2) is 4.79 Å². The van der Waals surface area contributed by atoms with Gasteiger partial charge in [0.1, 0.15) is 21.8 Å². The first-order chi connectivity index (χ1) is 10.3. The minimum Gasteiger partial charge on any atom is -0.444 e. The summed E-state index contributed by atoms with van der Waals surface area (Å²) in [7, 11) is 0. The zero-order chi connectivity index (χ0) is 16.5. The number of nitriles is 1. The first-order valence-corrected chi connectivity index (χ1v) is 8.21. The molecule has 6 nitrogen and oxygen atoms in total. The molecule has 0 saturated carbocycles. The number of carbonyl (C=O) groups excluding carboxylic acids is 1. The van der Waals surface area contributed by atoms with Gasteiger partial charge in [-0.3, -0.25) is 4.68 Å². The molecule has 1 unspecified atom stereocenters. The molecule has 7 heteroatoms. The fourth-order valence-electron chi connectivity index (χ4n) is 2.62. The number of likely N-dealkylation sites (tertiary alicyclic amines) is 1. The molecule has 0 N–H and O–H groups in total. The molecule has 0 aromatic carbocycles. The molecule has 1 amide bonds. The summed E-state index contributed by atoms with van der Waals surface area (Å²) in [6.45, 7) is 8.77. The number of halogens is 1. The van der Waals surface area contributed by atoms with Crippen molar-refractivity contribution in [1.82, 2.24) is 14.7 Å². The maximum Gasteiger partial charge on any atom is 0.410 e. The predicted octanol–water partition coefficient (Wildman–Crippen LogP) is 3.26. The largest absolute Gasteiger partial charge is 0.444 e. The van der Waals surface area contributed by atoms with E-state index in [1.807, 2.05) is 32.4 Å². The molecular formula is C15H21BrN4O2. The highest BCUT2D eigenvalue weighted by molar-refractivity contribution is 9.10. The Morgan fingerprint density at radius 2 is 2.23 bits per heavy atom. The number of ether oxygens (including phenoxy) is 1. The Kier molecular flexibility index (Phi) is 4.81. The highest BCUT2D eigenvalue weighted by atomic mass is 79.9. The van der Waals surface area contributed by atoms with Crippen LogP contribution in [-0.4, -0.2) is 39.5 Å². The fourth-order valence-corrected chi connectivity index (χ4v) is 3.11. The molecule has 0 spiro atoms. The van der Waals surface area contributed by atoms with Crippen molar-refractivity contribution in [1.29, 1.82) is 5.26 Å². The van der Waals surface area contributed by atoms with Crippen molar-refractivity contribution in [2.45, 2.75) is 52.2 Å². The van der Waals surface area contributed by atoms with Gasteiger partial charge in [0.2, 0.25) is 0 Å². The molecule has 1 aromatic heterocycles. The van der Waals surface area contributed by atoms with E-state index < -0.39 is 5.60 Å². The average Bonchev–Trinajstić information content (AvgIpc) is 3.00. The van der Waals surface area contributed by atoms with Crippen LogP contribution in [0.15, 0.2) is 4.60 Å². The minimum atomic E-state index is -0.494. The quantitative estimate of drug-likeness (QED) is 0.802. The summed E-state index contributed by atoms with van der Waals surface area (Å²) >= 11 is 3.34. The van der Waals surface area contributed by atoms with Gasteiger partial charge in [0, 0.05) is 13.1 Å². The molecular weight excluding hydrogens is 348 g/mol. The number of rotatable bonds is 2. The van der Waals surface area contributed by atoms with Crippen molar-refractivity contribution in [2.24, 2.45) is 0 Å². The van der Waals surface area contributed by atoms with Crippen molar-refractivity contribution in [3.63, 3.8) is 0 Å².